The number of piperidine rings is 1. The molecule has 3 heterocycles. The van der Waals surface area contributed by atoms with E-state index in [0.717, 1.165) is 38.1 Å². The quantitative estimate of drug-likeness (QED) is 0.535. The highest BCUT2D eigenvalue weighted by Gasteiger charge is 2.33. The highest BCUT2D eigenvalue weighted by Crippen LogP contribution is 2.35. The summed E-state index contributed by atoms with van der Waals surface area (Å²) in [5.74, 6) is 1.30. The van der Waals surface area contributed by atoms with Gasteiger partial charge in [0.05, 0.1) is 23.5 Å². The normalized spacial score (nSPS) is 16.8. The molecule has 1 aromatic heterocycles. The predicted molar refractivity (Wildman–Crippen MR) is 116 cm³/mol. The van der Waals surface area contributed by atoms with Crippen molar-refractivity contribution in [2.45, 2.75) is 38.5 Å². The monoisotopic (exact) mass is 459 g/mol. The van der Waals surface area contributed by atoms with Gasteiger partial charge in [-0.15, -0.1) is 10.2 Å². The smallest absolute Gasteiger partial charge is 0.296 e. The molecule has 0 radical (unpaired) electrons. The fourth-order valence-corrected chi connectivity index (χ4v) is 4.59. The molecule has 0 N–H and O–H groups in total. The number of aromatic nitrogens is 3. The maximum atomic E-state index is 13.6. The molecular formula is C23H21ClF3N5. The lowest BCUT2D eigenvalue weighted by molar-refractivity contribution is -0.137. The number of aliphatic imine (C=N–C) groups is 1. The van der Waals surface area contributed by atoms with E-state index in [1.54, 1.807) is 24.3 Å². The summed E-state index contributed by atoms with van der Waals surface area (Å²) < 4.78 is 42.6. The zero-order chi connectivity index (χ0) is 22.3. The average Bonchev–Trinajstić information content (AvgIpc) is 3.09. The van der Waals surface area contributed by atoms with Crippen molar-refractivity contribution < 1.29 is 13.2 Å². The number of fused-ring (bicyclic) bond motifs is 3. The van der Waals surface area contributed by atoms with Crippen molar-refractivity contribution in [3.8, 4) is 5.69 Å². The Labute approximate surface area is 188 Å². The molecule has 1 saturated heterocycles. The fourth-order valence-electron chi connectivity index (χ4n) is 4.37. The summed E-state index contributed by atoms with van der Waals surface area (Å²) in [4.78, 5) is 6.96. The lowest BCUT2D eigenvalue weighted by Crippen LogP contribution is -2.30. The summed E-state index contributed by atoms with van der Waals surface area (Å²) in [6, 6.07) is 10.8. The van der Waals surface area contributed by atoms with E-state index in [1.165, 1.54) is 12.5 Å². The first-order valence-electron chi connectivity index (χ1n) is 10.6. The molecule has 0 unspecified atom stereocenters. The second kappa shape index (κ2) is 8.33. The number of halogens is 4. The van der Waals surface area contributed by atoms with Crippen LogP contribution in [0.25, 0.3) is 5.69 Å². The van der Waals surface area contributed by atoms with E-state index in [4.69, 9.17) is 11.6 Å². The molecule has 9 heteroatoms. The number of hydrogen-bond donors (Lipinski definition) is 0. The minimum atomic E-state index is -4.47. The zero-order valence-electron chi connectivity index (χ0n) is 17.2. The van der Waals surface area contributed by atoms with Crippen molar-refractivity contribution in [2.24, 2.45) is 4.99 Å². The second-order valence-electron chi connectivity index (χ2n) is 8.08. The molecule has 0 spiro atoms. The van der Waals surface area contributed by atoms with Crippen molar-refractivity contribution in [1.29, 1.82) is 0 Å². The van der Waals surface area contributed by atoms with Crippen LogP contribution in [-0.4, -0.2) is 38.5 Å². The van der Waals surface area contributed by atoms with Crippen molar-refractivity contribution in [3.63, 3.8) is 0 Å². The van der Waals surface area contributed by atoms with Crippen LogP contribution < -0.4 is 0 Å². The van der Waals surface area contributed by atoms with Gasteiger partial charge in [0.25, 0.3) is 0 Å². The molecule has 5 rings (SSSR count). The molecule has 2 aliphatic rings. The highest BCUT2D eigenvalue weighted by molar-refractivity contribution is 6.35. The Bertz CT molecular complexity index is 1180. The molecule has 2 aliphatic heterocycles. The van der Waals surface area contributed by atoms with Crippen LogP contribution in [-0.2, 0) is 19.3 Å². The maximum Gasteiger partial charge on any atom is 0.416 e. The van der Waals surface area contributed by atoms with Crippen molar-refractivity contribution >= 4 is 17.3 Å². The van der Waals surface area contributed by atoms with Crippen LogP contribution in [0.1, 0.15) is 47.6 Å². The number of alkyl halides is 3. The Morgan fingerprint density at radius 2 is 1.72 bits per heavy atom. The Hall–Kier alpha value is -2.71. The van der Waals surface area contributed by atoms with Gasteiger partial charge in [-0.1, -0.05) is 36.2 Å². The van der Waals surface area contributed by atoms with Crippen LogP contribution in [0, 0.1) is 0 Å². The van der Waals surface area contributed by atoms with Crippen molar-refractivity contribution in [1.82, 2.24) is 19.7 Å². The predicted octanol–water partition coefficient (Wildman–Crippen LogP) is 5.28. The van der Waals surface area contributed by atoms with Crippen molar-refractivity contribution in [2.75, 3.05) is 13.1 Å². The molecular weight excluding hydrogens is 439 g/mol. The lowest BCUT2D eigenvalue weighted by atomic mass is 9.98. The van der Waals surface area contributed by atoms with Gasteiger partial charge in [0.1, 0.15) is 6.54 Å². The first-order chi connectivity index (χ1) is 15.4. The Morgan fingerprint density at radius 1 is 0.938 bits per heavy atom. The Morgan fingerprint density at radius 3 is 2.47 bits per heavy atom. The van der Waals surface area contributed by atoms with Crippen molar-refractivity contribution in [3.05, 3.63) is 75.8 Å². The van der Waals surface area contributed by atoms with Crippen LogP contribution in [0.4, 0.5) is 13.2 Å². The molecule has 0 amide bonds. The van der Waals surface area contributed by atoms with Gasteiger partial charge in [-0.2, -0.15) is 13.2 Å². The molecule has 0 saturated carbocycles. The van der Waals surface area contributed by atoms with E-state index < -0.39 is 11.7 Å². The largest absolute Gasteiger partial charge is 0.416 e. The van der Waals surface area contributed by atoms with Crippen LogP contribution in [0.5, 0.6) is 0 Å². The van der Waals surface area contributed by atoms with E-state index in [-0.39, 0.29) is 6.54 Å². The summed E-state index contributed by atoms with van der Waals surface area (Å²) in [6.45, 7) is 2.74. The van der Waals surface area contributed by atoms with Gasteiger partial charge < -0.3 is 0 Å². The minimum Gasteiger partial charge on any atom is -0.296 e. The number of hydrogen-bond acceptors (Lipinski definition) is 4. The van der Waals surface area contributed by atoms with Gasteiger partial charge in [0, 0.05) is 16.1 Å². The van der Waals surface area contributed by atoms with Gasteiger partial charge in [-0.05, 0) is 50.2 Å². The van der Waals surface area contributed by atoms with Crippen LogP contribution in [0.2, 0.25) is 5.02 Å². The summed E-state index contributed by atoms with van der Waals surface area (Å²) >= 11 is 6.41. The summed E-state index contributed by atoms with van der Waals surface area (Å²) in [7, 11) is 0. The molecule has 0 aliphatic carbocycles. The van der Waals surface area contributed by atoms with Crippen LogP contribution in [0.15, 0.2) is 47.5 Å². The standard InChI is InChI=1S/C23H21ClF3N5/c24-18-7-3-2-6-16(18)22-17-12-15(23(25,26)27)8-9-19(17)32-20(13-28-22)29-30-21(32)14-31-10-4-1-5-11-31/h2-3,6-9,12H,1,4-5,10-11,13-14H2. The Kier molecular flexibility index (Phi) is 5.51. The van der Waals surface area contributed by atoms with E-state index in [2.05, 4.69) is 20.1 Å². The summed E-state index contributed by atoms with van der Waals surface area (Å²) in [5.41, 5.74) is 1.23. The maximum absolute atomic E-state index is 13.6. The van der Waals surface area contributed by atoms with E-state index in [0.29, 0.717) is 45.7 Å². The van der Waals surface area contributed by atoms with Gasteiger partial charge in [-0.25, -0.2) is 0 Å². The number of nitrogens with zero attached hydrogens (tertiary/aromatic N) is 5. The SMILES string of the molecule is FC(F)(F)c1ccc2c(c1)C(c1ccccc1Cl)=NCc1nnc(CN3CCCCC3)n1-2. The fraction of sp³-hybridized carbons (Fsp3) is 0.348. The Balaban J connectivity index is 1.66. The van der Waals surface area contributed by atoms with E-state index in [1.807, 2.05) is 4.57 Å². The van der Waals surface area contributed by atoms with Crippen LogP contribution in [0.3, 0.4) is 0 Å². The first-order valence-corrected chi connectivity index (χ1v) is 11.0. The molecule has 1 fully saturated rings. The van der Waals surface area contributed by atoms with Gasteiger partial charge in [-0.3, -0.25) is 14.5 Å². The number of rotatable bonds is 3. The third-order valence-corrected chi connectivity index (χ3v) is 6.27. The second-order valence-corrected chi connectivity index (χ2v) is 8.49. The van der Waals surface area contributed by atoms with E-state index in [9.17, 15) is 13.2 Å². The molecule has 0 bridgehead atoms. The minimum absolute atomic E-state index is 0.198. The summed E-state index contributed by atoms with van der Waals surface area (Å²) in [6.07, 6.45) is -0.995. The lowest BCUT2D eigenvalue weighted by Gasteiger charge is -2.26. The summed E-state index contributed by atoms with van der Waals surface area (Å²) in [5, 5.41) is 9.13. The number of benzene rings is 2. The molecule has 32 heavy (non-hydrogen) atoms. The molecule has 0 atom stereocenters. The number of likely N-dealkylation sites (tertiary alicyclic amines) is 1. The van der Waals surface area contributed by atoms with Crippen LogP contribution >= 0.6 is 11.6 Å². The highest BCUT2D eigenvalue weighted by atomic mass is 35.5. The van der Waals surface area contributed by atoms with Gasteiger partial charge >= 0.3 is 6.18 Å². The first kappa shape index (κ1) is 21.2. The molecule has 166 valence electrons. The zero-order valence-corrected chi connectivity index (χ0v) is 18.0. The molecule has 5 nitrogen and oxygen atoms in total. The van der Waals surface area contributed by atoms with Gasteiger partial charge in [0.2, 0.25) is 0 Å². The third kappa shape index (κ3) is 3.93. The molecule has 3 aromatic rings. The van der Waals surface area contributed by atoms with Gasteiger partial charge in [0.15, 0.2) is 11.6 Å². The topological polar surface area (TPSA) is 46.3 Å². The average molecular weight is 460 g/mol. The van der Waals surface area contributed by atoms with E-state index >= 15 is 0 Å². The molecule has 2 aromatic carbocycles. The third-order valence-electron chi connectivity index (χ3n) is 5.94.